The Labute approximate surface area is 383 Å². The van der Waals surface area contributed by atoms with E-state index in [1.165, 1.54) is 89.2 Å². The van der Waals surface area contributed by atoms with Crippen molar-refractivity contribution in [3.05, 3.63) is 96.1 Å². The fourth-order valence-electron chi connectivity index (χ4n) is 6.58. The van der Waals surface area contributed by atoms with Crippen molar-refractivity contribution >= 4 is 58.0 Å². The van der Waals surface area contributed by atoms with Gasteiger partial charge in [-0.3, -0.25) is 4.55 Å². The van der Waals surface area contributed by atoms with Crippen molar-refractivity contribution in [3.63, 3.8) is 0 Å². The van der Waals surface area contributed by atoms with Crippen LogP contribution < -0.4 is 14.6 Å². The standard InChI is InChI=1S/2C23H32O5S.Ca/c2*1-2-3-4-5-6-7-8-9-11-14-19-17-21(29(25,26)27)18-22(23(19)24)28-20-15-12-10-13-16-20;/h2*10,12-13,15-18,24H,2-9,11,14H2,1H3,(H,25,26,27);/q;;+2/p-2. The molecule has 0 bridgehead atoms. The molecule has 0 saturated carbocycles. The fourth-order valence-corrected chi connectivity index (χ4v) is 7.66. The van der Waals surface area contributed by atoms with E-state index in [2.05, 4.69) is 13.8 Å². The van der Waals surface area contributed by atoms with Gasteiger partial charge in [0.05, 0.1) is 9.79 Å². The zero-order valence-corrected chi connectivity index (χ0v) is 38.8. The molecular weight excluding hydrogens is 817 g/mol. The van der Waals surface area contributed by atoms with Crippen LogP contribution >= 0.6 is 0 Å². The van der Waals surface area contributed by atoms with Crippen molar-refractivity contribution in [1.82, 2.24) is 0 Å². The van der Waals surface area contributed by atoms with Gasteiger partial charge in [0.1, 0.15) is 27.4 Å². The number of para-hydroxylation sites is 2. The quantitative estimate of drug-likeness (QED) is 0.0351. The van der Waals surface area contributed by atoms with Crippen LogP contribution in [0.5, 0.6) is 34.5 Å². The Balaban J connectivity index is 0.000000400. The topological polar surface area (TPSA) is 173 Å². The van der Waals surface area contributed by atoms with Crippen LogP contribution in [0.1, 0.15) is 141 Å². The predicted octanol–water partition coefficient (Wildman–Crippen LogP) is 11.7. The van der Waals surface area contributed by atoms with E-state index >= 15 is 0 Å². The Morgan fingerprint density at radius 2 is 0.898 bits per heavy atom. The Kier molecular flexibility index (Phi) is 25.4. The molecule has 59 heavy (non-hydrogen) atoms. The predicted molar refractivity (Wildman–Crippen MR) is 232 cm³/mol. The van der Waals surface area contributed by atoms with Crippen molar-refractivity contribution in [2.45, 2.75) is 152 Å². The van der Waals surface area contributed by atoms with Crippen LogP contribution in [0.15, 0.2) is 94.7 Å². The summed E-state index contributed by atoms with van der Waals surface area (Å²) in [5.41, 5.74) is 0.782. The van der Waals surface area contributed by atoms with E-state index in [9.17, 15) is 36.2 Å². The molecule has 4 aromatic rings. The van der Waals surface area contributed by atoms with Crippen molar-refractivity contribution in [3.8, 4) is 34.5 Å². The van der Waals surface area contributed by atoms with Gasteiger partial charge in [-0.1, -0.05) is 164 Å². The third kappa shape index (κ3) is 20.5. The molecule has 10 nitrogen and oxygen atoms in total. The minimum absolute atomic E-state index is 0. The number of aryl methyl sites for hydroxylation is 2. The summed E-state index contributed by atoms with van der Waals surface area (Å²) in [6.07, 6.45) is 21.8. The van der Waals surface area contributed by atoms with Gasteiger partial charge >= 0.3 is 37.7 Å². The number of benzene rings is 4. The first kappa shape index (κ1) is 52.3. The maximum atomic E-state index is 12.7. The molecule has 13 heteroatoms. The van der Waals surface area contributed by atoms with Gasteiger partial charge in [0.15, 0.2) is 11.5 Å². The van der Waals surface area contributed by atoms with Crippen LogP contribution in [0.4, 0.5) is 0 Å². The average molecular weight is 879 g/mol. The molecule has 4 rings (SSSR count). The SMILES string of the molecule is CCCCCCCCCCCc1cc(S(=O)(=O)O)cc(Oc2ccccc2)c1O.CCCCCCCCCCCc1cc(S(=O)(=O)[O-])cc(Oc2ccccc2)c1[O-].[Ca+2]. The number of hydrogen-bond donors (Lipinski definition) is 2. The summed E-state index contributed by atoms with van der Waals surface area (Å²) in [4.78, 5) is -0.693. The van der Waals surface area contributed by atoms with E-state index in [0.717, 1.165) is 50.7 Å². The first-order valence-electron chi connectivity index (χ1n) is 20.9. The normalized spacial score (nSPS) is 11.3. The maximum absolute atomic E-state index is 12.7. The number of phenolic OH excluding ortho intramolecular Hbond substituents is 1. The summed E-state index contributed by atoms with van der Waals surface area (Å²) in [5.74, 6) is 0.348. The van der Waals surface area contributed by atoms with E-state index < -0.39 is 25.1 Å². The maximum Gasteiger partial charge on any atom is 2.00 e. The number of phenols is 1. The van der Waals surface area contributed by atoms with Crippen LogP contribution in [0.25, 0.3) is 0 Å². The number of rotatable bonds is 26. The monoisotopic (exact) mass is 878 g/mol. The van der Waals surface area contributed by atoms with Gasteiger partial charge in [0, 0.05) is 6.07 Å². The summed E-state index contributed by atoms with van der Waals surface area (Å²) in [5, 5.41) is 23.3. The molecule has 0 aliphatic carbocycles. The number of unbranched alkanes of at least 4 members (excludes halogenated alkanes) is 16. The van der Waals surface area contributed by atoms with Crippen molar-refractivity contribution in [1.29, 1.82) is 0 Å². The molecule has 0 unspecified atom stereocenters. The summed E-state index contributed by atoms with van der Waals surface area (Å²) in [6, 6.07) is 22.1. The van der Waals surface area contributed by atoms with E-state index in [1.807, 2.05) is 6.07 Å². The Morgan fingerprint density at radius 3 is 1.32 bits per heavy atom. The van der Waals surface area contributed by atoms with Gasteiger partial charge in [-0.05, 0) is 73.7 Å². The molecule has 2 N–H and O–H groups in total. The first-order valence-corrected chi connectivity index (χ1v) is 23.8. The first-order chi connectivity index (χ1) is 27.8. The van der Waals surface area contributed by atoms with Gasteiger partial charge < -0.3 is 24.2 Å². The third-order valence-electron chi connectivity index (χ3n) is 9.86. The summed E-state index contributed by atoms with van der Waals surface area (Å²) < 4.78 is 78.5. The van der Waals surface area contributed by atoms with Crippen molar-refractivity contribution in [2.75, 3.05) is 0 Å². The fraction of sp³-hybridized carbons (Fsp3) is 0.478. The Bertz CT molecular complexity index is 1850. The van der Waals surface area contributed by atoms with Gasteiger partial charge in [-0.2, -0.15) is 8.42 Å². The minimum atomic E-state index is -4.68. The summed E-state index contributed by atoms with van der Waals surface area (Å²) in [7, 11) is -9.07. The second-order valence-corrected chi connectivity index (χ2v) is 17.6. The zero-order chi connectivity index (χ0) is 42.2. The molecule has 0 aromatic heterocycles. The number of hydrogen-bond acceptors (Lipinski definition) is 9. The van der Waals surface area contributed by atoms with Crippen molar-refractivity contribution in [2.24, 2.45) is 0 Å². The van der Waals surface area contributed by atoms with E-state index in [1.54, 1.807) is 54.6 Å². The van der Waals surface area contributed by atoms with Crippen LogP contribution in [0, 0.1) is 0 Å². The molecule has 0 radical (unpaired) electrons. The van der Waals surface area contributed by atoms with Gasteiger partial charge in [0.2, 0.25) is 0 Å². The Morgan fingerprint density at radius 1 is 0.525 bits per heavy atom. The van der Waals surface area contributed by atoms with Crippen LogP contribution in [-0.2, 0) is 33.1 Å². The minimum Gasteiger partial charge on any atom is -0.870 e. The smallest absolute Gasteiger partial charge is 0.870 e. The Hall–Kier alpha value is -2.84. The molecule has 0 fully saturated rings. The van der Waals surface area contributed by atoms with Gasteiger partial charge in [-0.25, -0.2) is 8.42 Å². The van der Waals surface area contributed by atoms with E-state index in [-0.39, 0.29) is 65.6 Å². The number of ether oxygens (including phenoxy) is 2. The van der Waals surface area contributed by atoms with Gasteiger partial charge in [0.25, 0.3) is 10.1 Å². The van der Waals surface area contributed by atoms with Crippen LogP contribution in [0.3, 0.4) is 0 Å². The molecule has 0 spiro atoms. The number of aromatic hydroxyl groups is 1. The van der Waals surface area contributed by atoms with E-state index in [0.29, 0.717) is 35.5 Å². The van der Waals surface area contributed by atoms with Crippen LogP contribution in [0.2, 0.25) is 0 Å². The summed E-state index contributed by atoms with van der Waals surface area (Å²) >= 11 is 0. The molecule has 0 aliphatic rings. The zero-order valence-electron chi connectivity index (χ0n) is 34.9. The molecule has 0 amide bonds. The van der Waals surface area contributed by atoms with Crippen molar-refractivity contribution < 1.29 is 45.6 Å². The third-order valence-corrected chi connectivity index (χ3v) is 11.5. The molecule has 320 valence electrons. The van der Waals surface area contributed by atoms with E-state index in [4.69, 9.17) is 9.47 Å². The molecule has 0 saturated heterocycles. The molecule has 0 atom stereocenters. The summed E-state index contributed by atoms with van der Waals surface area (Å²) in [6.45, 7) is 4.41. The second-order valence-electron chi connectivity index (χ2n) is 14.8. The van der Waals surface area contributed by atoms with Crippen LogP contribution in [-0.4, -0.2) is 68.8 Å². The second kappa shape index (κ2) is 28.6. The van der Waals surface area contributed by atoms with Gasteiger partial charge in [-0.15, -0.1) is 0 Å². The molecule has 4 aromatic carbocycles. The molecule has 0 aliphatic heterocycles. The molecular formula is C46H62CaO10S2. The average Bonchev–Trinajstić information content (AvgIpc) is 3.19. The largest absolute Gasteiger partial charge is 2.00 e. The molecule has 0 heterocycles.